The molecule has 1 saturated heterocycles. The normalized spacial score (nSPS) is 19.0. The molecule has 0 saturated carbocycles. The summed E-state index contributed by atoms with van der Waals surface area (Å²) in [5, 5.41) is 13.1. The first-order chi connectivity index (χ1) is 13.8. The third kappa shape index (κ3) is 2.91. The molecule has 0 amide bonds. The van der Waals surface area contributed by atoms with Crippen LogP contribution in [0.2, 0.25) is 0 Å². The molecule has 0 bridgehead atoms. The smallest absolute Gasteiger partial charge is 0.167 e. The maximum Gasteiger partial charge on any atom is 0.167 e. The van der Waals surface area contributed by atoms with Gasteiger partial charge < -0.3 is 10.6 Å². The molecule has 7 heteroatoms. The van der Waals surface area contributed by atoms with Crippen LogP contribution in [-0.2, 0) is 6.42 Å². The van der Waals surface area contributed by atoms with E-state index in [2.05, 4.69) is 35.0 Å². The molecule has 3 N–H and O–H groups in total. The quantitative estimate of drug-likeness (QED) is 0.692. The van der Waals surface area contributed by atoms with Crippen LogP contribution in [0.1, 0.15) is 61.3 Å². The number of aryl methyl sites for hydroxylation is 1. The van der Waals surface area contributed by atoms with Crippen molar-refractivity contribution in [2.24, 2.45) is 5.41 Å². The largest absolute Gasteiger partial charge is 0.382 e. The number of aromatic amines is 1. The van der Waals surface area contributed by atoms with Crippen molar-refractivity contribution in [2.75, 3.05) is 23.7 Å². The predicted molar refractivity (Wildman–Crippen MR) is 115 cm³/mol. The van der Waals surface area contributed by atoms with Crippen LogP contribution in [0.3, 0.4) is 0 Å². The molecular weight excluding hydrogens is 364 g/mol. The van der Waals surface area contributed by atoms with Gasteiger partial charge in [-0.25, -0.2) is 4.68 Å². The lowest BCUT2D eigenvalue weighted by Gasteiger charge is -2.31. The van der Waals surface area contributed by atoms with Crippen molar-refractivity contribution < 1.29 is 4.79 Å². The van der Waals surface area contributed by atoms with Gasteiger partial charge in [0.15, 0.2) is 11.6 Å². The van der Waals surface area contributed by atoms with Crippen LogP contribution in [0.15, 0.2) is 12.1 Å². The number of carbonyl (C=O) groups is 1. The van der Waals surface area contributed by atoms with Crippen LogP contribution in [0, 0.1) is 12.3 Å². The number of rotatable bonds is 2. The first-order valence-electron chi connectivity index (χ1n) is 10.5. The van der Waals surface area contributed by atoms with Gasteiger partial charge in [0.05, 0.1) is 39.2 Å². The second kappa shape index (κ2) is 6.34. The van der Waals surface area contributed by atoms with Crippen LogP contribution < -0.4 is 10.6 Å². The summed E-state index contributed by atoms with van der Waals surface area (Å²) in [5.41, 5.74) is 11.7. The fourth-order valence-corrected chi connectivity index (χ4v) is 5.01. The Bertz CT molecular complexity index is 1120. The molecule has 0 atom stereocenters. The number of nitrogen functional groups attached to an aromatic ring is 1. The Morgan fingerprint density at radius 1 is 1.14 bits per heavy atom. The van der Waals surface area contributed by atoms with Crippen molar-refractivity contribution >= 4 is 28.2 Å². The zero-order valence-corrected chi connectivity index (χ0v) is 17.4. The Kier molecular flexibility index (Phi) is 3.98. The average molecular weight is 393 g/mol. The summed E-state index contributed by atoms with van der Waals surface area (Å²) < 4.78 is 1.97. The van der Waals surface area contributed by atoms with Crippen molar-refractivity contribution in [2.45, 2.75) is 52.9 Å². The number of Topliss-reactive ketones (excluding diaryl/α,β-unsaturated/α-hetero) is 1. The molecule has 1 aromatic carbocycles. The SMILES string of the molecule is Cc1nn(-c2cc(N3CCCCC3)c3c(N)n[nH]c3c2)c2c1C(=O)CC(C)(C)C2. The topological polar surface area (TPSA) is 92.8 Å². The Morgan fingerprint density at radius 2 is 1.90 bits per heavy atom. The number of hydrogen-bond acceptors (Lipinski definition) is 5. The van der Waals surface area contributed by atoms with E-state index in [1.165, 1.54) is 19.3 Å². The summed E-state index contributed by atoms with van der Waals surface area (Å²) in [6, 6.07) is 4.21. The van der Waals surface area contributed by atoms with E-state index in [0.717, 1.165) is 58.7 Å². The molecule has 7 nitrogen and oxygen atoms in total. The number of fused-ring (bicyclic) bond motifs is 2. The van der Waals surface area contributed by atoms with E-state index < -0.39 is 0 Å². The number of hydrogen-bond donors (Lipinski definition) is 2. The van der Waals surface area contributed by atoms with Gasteiger partial charge in [0, 0.05) is 19.5 Å². The number of carbonyl (C=O) groups excluding carboxylic acids is 1. The fraction of sp³-hybridized carbons (Fsp3) is 0.500. The lowest BCUT2D eigenvalue weighted by molar-refractivity contribution is 0.0910. The summed E-state index contributed by atoms with van der Waals surface area (Å²) in [6.07, 6.45) is 5.03. The third-order valence-electron chi connectivity index (χ3n) is 6.32. The number of anilines is 2. The maximum absolute atomic E-state index is 12.8. The van der Waals surface area contributed by atoms with E-state index in [0.29, 0.717) is 12.2 Å². The van der Waals surface area contributed by atoms with E-state index >= 15 is 0 Å². The van der Waals surface area contributed by atoms with Crippen LogP contribution >= 0.6 is 0 Å². The summed E-state index contributed by atoms with van der Waals surface area (Å²) >= 11 is 0. The summed E-state index contributed by atoms with van der Waals surface area (Å²) in [4.78, 5) is 15.2. The van der Waals surface area contributed by atoms with Gasteiger partial charge in [0.2, 0.25) is 0 Å². The van der Waals surface area contributed by atoms with Gasteiger partial charge in [0.1, 0.15) is 0 Å². The van der Waals surface area contributed by atoms with E-state index in [9.17, 15) is 4.79 Å². The molecule has 0 radical (unpaired) electrons. The third-order valence-corrected chi connectivity index (χ3v) is 6.32. The van der Waals surface area contributed by atoms with Gasteiger partial charge in [-0.1, -0.05) is 13.8 Å². The lowest BCUT2D eigenvalue weighted by atomic mass is 9.75. The minimum Gasteiger partial charge on any atom is -0.382 e. The molecule has 1 aliphatic heterocycles. The highest BCUT2D eigenvalue weighted by Crippen LogP contribution is 2.39. The Hall–Kier alpha value is -2.83. The molecule has 0 spiro atoms. The van der Waals surface area contributed by atoms with Crippen molar-refractivity contribution in [3.05, 3.63) is 29.1 Å². The molecule has 5 rings (SSSR count). The van der Waals surface area contributed by atoms with Crippen LogP contribution in [0.5, 0.6) is 0 Å². The average Bonchev–Trinajstić information content (AvgIpc) is 3.21. The minimum absolute atomic E-state index is 0.0630. The highest BCUT2D eigenvalue weighted by atomic mass is 16.1. The highest BCUT2D eigenvalue weighted by Gasteiger charge is 2.36. The van der Waals surface area contributed by atoms with Gasteiger partial charge in [-0.15, -0.1) is 0 Å². The number of nitrogens with two attached hydrogens (primary N) is 1. The van der Waals surface area contributed by atoms with E-state index in [4.69, 9.17) is 10.8 Å². The zero-order chi connectivity index (χ0) is 20.3. The van der Waals surface area contributed by atoms with E-state index in [1.807, 2.05) is 17.7 Å². The molecule has 1 fully saturated rings. The molecule has 2 aliphatic rings. The van der Waals surface area contributed by atoms with Crippen LogP contribution in [0.25, 0.3) is 16.6 Å². The lowest BCUT2D eigenvalue weighted by Crippen LogP contribution is -2.30. The number of ketones is 1. The zero-order valence-electron chi connectivity index (χ0n) is 17.4. The molecule has 1 aliphatic carbocycles. The molecule has 0 unspecified atom stereocenters. The maximum atomic E-state index is 12.8. The number of H-pyrrole nitrogens is 1. The molecule has 2 aromatic heterocycles. The predicted octanol–water partition coefficient (Wildman–Crippen LogP) is 3.78. The number of piperidine rings is 1. The first-order valence-corrected chi connectivity index (χ1v) is 10.5. The number of aromatic nitrogens is 4. The van der Waals surface area contributed by atoms with Crippen molar-refractivity contribution in [1.29, 1.82) is 0 Å². The Labute approximate surface area is 170 Å². The molecular formula is C22H28N6O. The number of benzene rings is 1. The molecule has 3 aromatic rings. The van der Waals surface area contributed by atoms with E-state index in [1.54, 1.807) is 0 Å². The van der Waals surface area contributed by atoms with Gasteiger partial charge in [-0.2, -0.15) is 10.2 Å². The number of nitrogens with one attached hydrogen (secondary N) is 1. The van der Waals surface area contributed by atoms with Crippen molar-refractivity contribution in [3.63, 3.8) is 0 Å². The summed E-state index contributed by atoms with van der Waals surface area (Å²) in [7, 11) is 0. The Morgan fingerprint density at radius 3 is 2.66 bits per heavy atom. The molecule has 3 heterocycles. The fourth-order valence-electron chi connectivity index (χ4n) is 5.01. The van der Waals surface area contributed by atoms with Crippen LogP contribution in [0.4, 0.5) is 11.5 Å². The Balaban J connectivity index is 1.71. The summed E-state index contributed by atoms with van der Waals surface area (Å²) in [5.74, 6) is 0.727. The minimum atomic E-state index is -0.0630. The molecule has 29 heavy (non-hydrogen) atoms. The van der Waals surface area contributed by atoms with Gasteiger partial charge in [0.25, 0.3) is 0 Å². The summed E-state index contributed by atoms with van der Waals surface area (Å²) in [6.45, 7) is 8.27. The second-order valence-corrected chi connectivity index (χ2v) is 9.30. The first kappa shape index (κ1) is 18.2. The van der Waals surface area contributed by atoms with Crippen molar-refractivity contribution in [1.82, 2.24) is 20.0 Å². The second-order valence-electron chi connectivity index (χ2n) is 9.30. The highest BCUT2D eigenvalue weighted by molar-refractivity contribution is 6.02. The number of nitrogens with zero attached hydrogens (tertiary/aromatic N) is 4. The van der Waals surface area contributed by atoms with E-state index in [-0.39, 0.29) is 11.2 Å². The molecule has 152 valence electrons. The standard InChI is InChI=1S/C22H28N6O/c1-13-19-17(11-22(2,3)12-18(19)29)28(26-13)14-9-15-20(21(23)25-24-15)16(10-14)27-7-5-4-6-8-27/h9-10H,4-8,11-12H2,1-3H3,(H3,23,24,25). The van der Waals surface area contributed by atoms with Crippen molar-refractivity contribution in [3.8, 4) is 5.69 Å². The van der Waals surface area contributed by atoms with Gasteiger partial charge in [-0.3, -0.25) is 9.89 Å². The van der Waals surface area contributed by atoms with Gasteiger partial charge in [-0.05, 0) is 50.2 Å². The van der Waals surface area contributed by atoms with Crippen LogP contribution in [-0.4, -0.2) is 38.9 Å². The monoisotopic (exact) mass is 392 g/mol. The van der Waals surface area contributed by atoms with Gasteiger partial charge >= 0.3 is 0 Å².